The number of allylic oxidation sites excluding steroid dienone is 2. The fourth-order valence-corrected chi connectivity index (χ4v) is 9.28. The van der Waals surface area contributed by atoms with Crippen molar-refractivity contribution in [3.8, 4) is 41.2 Å². The van der Waals surface area contributed by atoms with Crippen LogP contribution in [-0.2, 0) is 20.8 Å². The number of esters is 6. The highest BCUT2D eigenvalue weighted by Gasteiger charge is 2.60. The number of rotatable bonds is 21. The molecule has 0 saturated carbocycles. The molecule has 0 spiro atoms. The summed E-state index contributed by atoms with van der Waals surface area (Å²) in [5.41, 5.74) is -3.79. The highest BCUT2D eigenvalue weighted by Crippen LogP contribution is 2.50. The van der Waals surface area contributed by atoms with Crippen LogP contribution in [-0.4, -0.2) is 67.3 Å². The topological polar surface area (TPSA) is 294 Å². The van der Waals surface area contributed by atoms with Gasteiger partial charge in [0.1, 0.15) is 85.0 Å². The van der Waals surface area contributed by atoms with Crippen LogP contribution >= 0.6 is 11.3 Å². The van der Waals surface area contributed by atoms with Crippen molar-refractivity contribution >= 4 is 71.1 Å². The monoisotopic (exact) mass is 1210 g/mol. The van der Waals surface area contributed by atoms with Gasteiger partial charge in [0.25, 0.3) is 0 Å². The molecule has 3 aromatic carbocycles. The number of furan rings is 4. The normalized spacial score (nSPS) is 13.7. The second-order valence-corrected chi connectivity index (χ2v) is 19.7. The van der Waals surface area contributed by atoms with Gasteiger partial charge in [-0.15, -0.1) is 11.3 Å². The molecular formula is C63H41F3N4O17S. The molecule has 6 heterocycles. The molecule has 1 atom stereocenters. The summed E-state index contributed by atoms with van der Waals surface area (Å²) in [5.74, 6) is -6.75. The van der Waals surface area contributed by atoms with Crippen LogP contribution < -0.4 is 23.8 Å². The van der Waals surface area contributed by atoms with E-state index in [1.165, 1.54) is 110 Å². The van der Waals surface area contributed by atoms with E-state index in [1.54, 1.807) is 42.5 Å². The zero-order chi connectivity index (χ0) is 62.5. The zero-order valence-electron chi connectivity index (χ0n) is 45.7. The lowest BCUT2D eigenvalue weighted by molar-refractivity contribution is -0.236. The summed E-state index contributed by atoms with van der Waals surface area (Å²) in [4.78, 5) is 81.3. The number of alkyl halides is 3. The van der Waals surface area contributed by atoms with Crippen LogP contribution in [0.25, 0.3) is 18.2 Å². The molecule has 5 aromatic heterocycles. The van der Waals surface area contributed by atoms with Crippen LogP contribution in [0.5, 0.6) is 23.0 Å². The van der Waals surface area contributed by atoms with E-state index >= 15 is 0 Å². The number of hydrogen-bond donors (Lipinski definition) is 0. The van der Waals surface area contributed by atoms with Crippen molar-refractivity contribution in [1.29, 1.82) is 15.8 Å². The summed E-state index contributed by atoms with van der Waals surface area (Å²) in [5, 5.41) is 29.1. The van der Waals surface area contributed by atoms with E-state index in [4.69, 9.17) is 50.8 Å². The first-order chi connectivity index (χ1) is 42.4. The van der Waals surface area contributed by atoms with Crippen molar-refractivity contribution in [2.75, 3.05) is 24.6 Å². The maximum absolute atomic E-state index is 14.8. The van der Waals surface area contributed by atoms with Crippen LogP contribution in [0, 0.1) is 34.0 Å². The van der Waals surface area contributed by atoms with E-state index in [9.17, 15) is 57.7 Å². The van der Waals surface area contributed by atoms with E-state index in [2.05, 4.69) is 0 Å². The van der Waals surface area contributed by atoms with Crippen molar-refractivity contribution in [3.63, 3.8) is 0 Å². The third-order valence-electron chi connectivity index (χ3n) is 12.8. The van der Waals surface area contributed by atoms with Gasteiger partial charge in [0.2, 0.25) is 5.60 Å². The maximum atomic E-state index is 14.8. The lowest BCUT2D eigenvalue weighted by Gasteiger charge is -2.28. The maximum Gasteiger partial charge on any atom is 0.432 e. The molecule has 8 aromatic rings. The molecule has 88 heavy (non-hydrogen) atoms. The average Bonchev–Trinajstić information content (AvgIpc) is 1.80. The van der Waals surface area contributed by atoms with Crippen LogP contribution in [0.2, 0.25) is 0 Å². The number of likely N-dealkylation sites (N-methyl/N-ethyl adjacent to an activating group) is 1. The minimum Gasteiger partial charge on any atom is -0.472 e. The molecular weight excluding hydrogens is 1170 g/mol. The molecule has 0 N–H and O–H groups in total. The van der Waals surface area contributed by atoms with E-state index in [1.807, 2.05) is 11.8 Å². The highest BCUT2D eigenvalue weighted by molar-refractivity contribution is 7.14. The smallest absolute Gasteiger partial charge is 0.432 e. The second-order valence-electron chi connectivity index (χ2n) is 18.5. The Morgan fingerprint density at radius 1 is 0.591 bits per heavy atom. The summed E-state index contributed by atoms with van der Waals surface area (Å²) >= 11 is 1.04. The molecule has 25 heteroatoms. The second kappa shape index (κ2) is 26.8. The molecule has 0 aliphatic carbocycles. The summed E-state index contributed by atoms with van der Waals surface area (Å²) in [6, 6.07) is 25.9. The number of ether oxygens (including phenoxy) is 7. The molecule has 0 saturated heterocycles. The van der Waals surface area contributed by atoms with Crippen LogP contribution in [0.15, 0.2) is 187 Å². The van der Waals surface area contributed by atoms with E-state index < -0.39 is 76.7 Å². The number of thiophene rings is 1. The van der Waals surface area contributed by atoms with Gasteiger partial charge in [-0.3, -0.25) is 0 Å². The van der Waals surface area contributed by atoms with Gasteiger partial charge < -0.3 is 55.7 Å². The van der Waals surface area contributed by atoms with E-state index in [-0.39, 0.29) is 74.4 Å². The molecule has 1 aliphatic rings. The van der Waals surface area contributed by atoms with Gasteiger partial charge in [-0.2, -0.15) is 29.0 Å². The minimum atomic E-state index is -5.14. The molecule has 1 unspecified atom stereocenters. The number of halogens is 3. The van der Waals surface area contributed by atoms with E-state index in [0.29, 0.717) is 29.5 Å². The molecule has 0 fully saturated rings. The first-order valence-corrected chi connectivity index (χ1v) is 26.6. The Bertz CT molecular complexity index is 4050. The van der Waals surface area contributed by atoms with Crippen molar-refractivity contribution in [2.24, 2.45) is 0 Å². The molecule has 1 aliphatic heterocycles. The Balaban J connectivity index is 0.946. The van der Waals surface area contributed by atoms with Gasteiger partial charge in [-0.1, -0.05) is 24.3 Å². The van der Waals surface area contributed by atoms with Gasteiger partial charge in [0.05, 0.1) is 65.0 Å². The lowest BCUT2D eigenvalue weighted by atomic mass is 9.92. The average molecular weight is 1220 g/mol. The number of benzene rings is 3. The minimum absolute atomic E-state index is 0.0268. The Morgan fingerprint density at radius 2 is 1.06 bits per heavy atom. The van der Waals surface area contributed by atoms with Crippen LogP contribution in [0.1, 0.15) is 96.9 Å². The van der Waals surface area contributed by atoms with E-state index in [0.717, 1.165) is 47.8 Å². The number of hydrogen-bond acceptors (Lipinski definition) is 22. The molecule has 0 bridgehead atoms. The predicted molar refractivity (Wildman–Crippen MR) is 300 cm³/mol. The van der Waals surface area contributed by atoms with Crippen molar-refractivity contribution < 1.29 is 92.8 Å². The van der Waals surface area contributed by atoms with Gasteiger partial charge >= 0.3 is 42.0 Å². The Morgan fingerprint density at radius 3 is 1.47 bits per heavy atom. The Labute approximate surface area is 499 Å². The zero-order valence-corrected chi connectivity index (χ0v) is 46.5. The number of anilines is 1. The third-order valence-corrected chi connectivity index (χ3v) is 13.9. The van der Waals surface area contributed by atoms with Crippen molar-refractivity contribution in [2.45, 2.75) is 32.2 Å². The van der Waals surface area contributed by atoms with Gasteiger partial charge in [0, 0.05) is 45.3 Å². The first-order valence-electron chi connectivity index (χ1n) is 25.8. The molecule has 0 amide bonds. The van der Waals surface area contributed by atoms with Crippen molar-refractivity contribution in [3.05, 3.63) is 224 Å². The summed E-state index contributed by atoms with van der Waals surface area (Å²) < 4.78 is 102. The van der Waals surface area contributed by atoms with Gasteiger partial charge in [0.15, 0.2) is 11.3 Å². The molecule has 442 valence electrons. The third kappa shape index (κ3) is 14.2. The summed E-state index contributed by atoms with van der Waals surface area (Å²) in [6.07, 6.45) is 10.1. The fraction of sp³-hybridized carbons (Fsp3) is 0.127. The number of carbonyl (C=O) groups is 6. The lowest BCUT2D eigenvalue weighted by Crippen LogP contribution is -2.43. The molecule has 21 nitrogen and oxygen atoms in total. The first kappa shape index (κ1) is 60.7. The number of nitriles is 3. The largest absolute Gasteiger partial charge is 0.472 e. The quantitative estimate of drug-likeness (QED) is 0.0367. The number of carbonyl (C=O) groups excluding carboxylic acids is 6. The standard InChI is InChI=1S/C63H41F3N4O17S/c1-3-70(16-21-81-56(71)42-22-47(83-58(73)38-12-17-77-32-38)27-48(23-42)84-59(74)39-13-18-78-33-39)46-7-4-37(5-8-46)6-11-54-44(26-51(88-54)9-10-53-52(31-69)55(45(29-67)30-68)87-62(53,2)63(64,65)66)36-82-57(72)43-24-49(85-60(75)40-14-19-79-34-40)28-50(25-43)86-61(76)41-15-20-80-35-41/h4-15,17-20,22-28,32-35H,3,16,21,36H2,1-2H3/b10-9+,11-6+. The van der Waals surface area contributed by atoms with Crippen LogP contribution in [0.3, 0.4) is 0 Å². The van der Waals surface area contributed by atoms with Crippen LogP contribution in [0.4, 0.5) is 18.9 Å². The highest BCUT2D eigenvalue weighted by atomic mass is 32.1. The SMILES string of the molecule is CCN(CCOC(=O)c1cc(OC(=O)c2ccoc2)cc(OC(=O)c2ccoc2)c1)c1ccc(/C=C/c2sc(/C=C/C3=C(C#N)C(=C(C#N)C#N)OC3(C)C(F)(F)F)cc2COC(=O)c2cc(OC(=O)c3ccoc3)cc(OC(=O)c3ccoc3)c2)cc1. The summed E-state index contributed by atoms with van der Waals surface area (Å²) in [6.45, 7) is 2.61. The summed E-state index contributed by atoms with van der Waals surface area (Å²) in [7, 11) is 0. The Kier molecular flexibility index (Phi) is 18.5. The molecule has 0 radical (unpaired) electrons. The Hall–Kier alpha value is -11.9. The fourth-order valence-electron chi connectivity index (χ4n) is 8.30. The van der Waals surface area contributed by atoms with Gasteiger partial charge in [-0.05, 0) is 98.3 Å². The van der Waals surface area contributed by atoms with Gasteiger partial charge in [-0.25, -0.2) is 28.8 Å². The predicted octanol–water partition coefficient (Wildman–Crippen LogP) is 12.7. The number of nitrogens with zero attached hydrogens (tertiary/aromatic N) is 4. The van der Waals surface area contributed by atoms with Crippen molar-refractivity contribution in [1.82, 2.24) is 0 Å². The molecule has 9 rings (SSSR count).